The number of halogens is 3. The summed E-state index contributed by atoms with van der Waals surface area (Å²) in [6.45, 7) is 2.33. The van der Waals surface area contributed by atoms with Gasteiger partial charge in [0.1, 0.15) is 17.9 Å². The molecule has 4 atom stereocenters. The summed E-state index contributed by atoms with van der Waals surface area (Å²) in [4.78, 5) is 5.48. The predicted molar refractivity (Wildman–Crippen MR) is 76.5 cm³/mol. The summed E-state index contributed by atoms with van der Waals surface area (Å²) in [6.07, 6.45) is -7.45. The lowest BCUT2D eigenvalue weighted by atomic mass is 9.98. The third-order valence-electron chi connectivity index (χ3n) is 4.26. The number of aliphatic hydroxyl groups is 2. The van der Waals surface area contributed by atoms with Gasteiger partial charge in [-0.1, -0.05) is 6.07 Å². The third-order valence-corrected chi connectivity index (χ3v) is 4.26. The van der Waals surface area contributed by atoms with Crippen LogP contribution in [0.15, 0.2) is 18.2 Å². The monoisotopic (exact) mass is 348 g/mol. The van der Waals surface area contributed by atoms with Crippen molar-refractivity contribution >= 4 is 0 Å². The zero-order valence-corrected chi connectivity index (χ0v) is 12.8. The summed E-state index contributed by atoms with van der Waals surface area (Å²) in [7, 11) is 0. The fourth-order valence-electron chi connectivity index (χ4n) is 2.73. The van der Waals surface area contributed by atoms with E-state index in [-0.39, 0.29) is 12.5 Å². The number of nitrogens with zero attached hydrogens (tertiary/aromatic N) is 2. The van der Waals surface area contributed by atoms with Crippen molar-refractivity contribution < 1.29 is 32.9 Å². The number of hydrogen-bond donors (Lipinski definition) is 2. The Morgan fingerprint density at radius 2 is 2.00 bits per heavy atom. The van der Waals surface area contributed by atoms with Crippen LogP contribution >= 0.6 is 0 Å². The van der Waals surface area contributed by atoms with Crippen molar-refractivity contribution in [3.05, 3.63) is 23.9 Å². The lowest BCUT2D eigenvalue weighted by Gasteiger charge is -2.41. The molecule has 24 heavy (non-hydrogen) atoms. The molecule has 0 aromatic carbocycles. The maximum atomic E-state index is 12.7. The van der Waals surface area contributed by atoms with Gasteiger partial charge in [-0.15, -0.1) is 0 Å². The molecule has 3 heterocycles. The van der Waals surface area contributed by atoms with Crippen LogP contribution in [0.2, 0.25) is 0 Å². The minimum absolute atomic E-state index is 0.0331. The number of aliphatic hydroxyl groups excluding tert-OH is 2. The molecule has 0 amide bonds. The van der Waals surface area contributed by atoms with Crippen molar-refractivity contribution in [2.75, 3.05) is 26.2 Å². The Hall–Kier alpha value is -1.42. The zero-order valence-electron chi connectivity index (χ0n) is 12.8. The Balaban J connectivity index is 1.62. The number of aromatic nitrogens is 1. The van der Waals surface area contributed by atoms with Crippen molar-refractivity contribution in [2.45, 2.75) is 37.0 Å². The molecule has 2 aliphatic heterocycles. The number of alkyl halides is 3. The van der Waals surface area contributed by atoms with Crippen molar-refractivity contribution in [3.8, 4) is 5.88 Å². The molecule has 0 aliphatic carbocycles. The van der Waals surface area contributed by atoms with Crippen LogP contribution in [0.1, 0.15) is 12.1 Å². The van der Waals surface area contributed by atoms with E-state index in [4.69, 9.17) is 9.47 Å². The highest BCUT2D eigenvalue weighted by Gasteiger charge is 2.41. The van der Waals surface area contributed by atoms with E-state index in [1.165, 1.54) is 12.1 Å². The van der Waals surface area contributed by atoms with E-state index in [9.17, 15) is 23.4 Å². The fraction of sp³-hybridized carbons (Fsp3) is 0.667. The molecule has 1 aromatic heterocycles. The van der Waals surface area contributed by atoms with E-state index in [2.05, 4.69) is 9.88 Å². The Morgan fingerprint density at radius 1 is 1.25 bits per heavy atom. The van der Waals surface area contributed by atoms with Gasteiger partial charge in [-0.3, -0.25) is 0 Å². The minimum atomic E-state index is -4.58. The third kappa shape index (κ3) is 3.80. The van der Waals surface area contributed by atoms with Gasteiger partial charge in [0.25, 0.3) is 0 Å². The van der Waals surface area contributed by atoms with E-state index in [0.29, 0.717) is 6.54 Å². The standard InChI is InChI=1S/C15H19F3N2O4/c16-15(17,18)11-3-1-4-12(19-11)24-10-8-23-9(13(21)14(10)22)7-20-5-2-6-20/h1,3-4,9-10,13-14,21-22H,2,5-8H2/t9-,10+,13+,14-/m1/s1. The number of rotatable bonds is 4. The van der Waals surface area contributed by atoms with Gasteiger partial charge >= 0.3 is 6.18 Å². The topological polar surface area (TPSA) is 75.0 Å². The lowest BCUT2D eigenvalue weighted by molar-refractivity contribution is -0.187. The van der Waals surface area contributed by atoms with Gasteiger partial charge in [0.15, 0.2) is 6.10 Å². The van der Waals surface area contributed by atoms with E-state index < -0.39 is 36.3 Å². The van der Waals surface area contributed by atoms with Crippen LogP contribution < -0.4 is 4.74 Å². The molecule has 6 nitrogen and oxygen atoms in total. The smallest absolute Gasteiger partial charge is 0.433 e. The molecule has 2 aliphatic rings. The SMILES string of the molecule is O[C@@H]1[C@H](O)[C@@H](Oc2cccc(C(F)(F)F)n2)CO[C@@H]1CN1CCC1. The van der Waals surface area contributed by atoms with Crippen LogP contribution in [0, 0.1) is 0 Å². The van der Waals surface area contributed by atoms with E-state index in [0.717, 1.165) is 25.6 Å². The Kier molecular flexibility index (Phi) is 4.95. The highest BCUT2D eigenvalue weighted by molar-refractivity contribution is 5.18. The molecule has 134 valence electrons. The zero-order chi connectivity index (χ0) is 17.3. The second kappa shape index (κ2) is 6.83. The fourth-order valence-corrected chi connectivity index (χ4v) is 2.73. The van der Waals surface area contributed by atoms with Gasteiger partial charge in [-0.25, -0.2) is 4.98 Å². The number of likely N-dealkylation sites (tertiary alicyclic amines) is 1. The highest BCUT2D eigenvalue weighted by Crippen LogP contribution is 2.29. The van der Waals surface area contributed by atoms with Gasteiger partial charge < -0.3 is 24.6 Å². The Bertz CT molecular complexity index is 568. The van der Waals surface area contributed by atoms with Gasteiger partial charge in [0.2, 0.25) is 5.88 Å². The molecule has 0 unspecified atom stereocenters. The van der Waals surface area contributed by atoms with E-state index in [1.54, 1.807) is 0 Å². The molecule has 0 radical (unpaired) electrons. The summed E-state index contributed by atoms with van der Waals surface area (Å²) in [5.41, 5.74) is -1.08. The van der Waals surface area contributed by atoms with Gasteiger partial charge in [0, 0.05) is 12.6 Å². The summed E-state index contributed by atoms with van der Waals surface area (Å²) in [5, 5.41) is 20.3. The van der Waals surface area contributed by atoms with Crippen LogP contribution in [0.4, 0.5) is 13.2 Å². The molecular formula is C15H19F3N2O4. The average Bonchev–Trinajstić information content (AvgIpc) is 2.49. The molecule has 2 N–H and O–H groups in total. The van der Waals surface area contributed by atoms with Gasteiger partial charge in [-0.05, 0) is 25.6 Å². The summed E-state index contributed by atoms with van der Waals surface area (Å²) >= 11 is 0. The maximum absolute atomic E-state index is 12.7. The van der Waals surface area contributed by atoms with Crippen LogP contribution in [0.5, 0.6) is 5.88 Å². The minimum Gasteiger partial charge on any atom is -0.469 e. The number of pyridine rings is 1. The van der Waals surface area contributed by atoms with Crippen molar-refractivity contribution in [2.24, 2.45) is 0 Å². The summed E-state index contributed by atoms with van der Waals surface area (Å²) in [5.74, 6) is -0.272. The van der Waals surface area contributed by atoms with Crippen molar-refractivity contribution in [1.29, 1.82) is 0 Å². The van der Waals surface area contributed by atoms with E-state index >= 15 is 0 Å². The molecule has 0 bridgehead atoms. The molecule has 2 fully saturated rings. The van der Waals surface area contributed by atoms with Gasteiger partial charge in [0.05, 0.1) is 12.7 Å². The van der Waals surface area contributed by atoms with Crippen LogP contribution in [0.25, 0.3) is 0 Å². The molecule has 9 heteroatoms. The molecular weight excluding hydrogens is 329 g/mol. The number of ether oxygens (including phenoxy) is 2. The number of hydrogen-bond acceptors (Lipinski definition) is 6. The predicted octanol–water partition coefficient (Wildman–Crippen LogP) is 0.674. The highest BCUT2D eigenvalue weighted by atomic mass is 19.4. The van der Waals surface area contributed by atoms with Crippen LogP contribution in [0.3, 0.4) is 0 Å². The van der Waals surface area contributed by atoms with Crippen molar-refractivity contribution in [3.63, 3.8) is 0 Å². The quantitative estimate of drug-likeness (QED) is 0.833. The molecule has 2 saturated heterocycles. The van der Waals surface area contributed by atoms with Crippen LogP contribution in [-0.4, -0.2) is 70.8 Å². The first-order valence-corrected chi connectivity index (χ1v) is 7.75. The van der Waals surface area contributed by atoms with Crippen LogP contribution in [-0.2, 0) is 10.9 Å². The largest absolute Gasteiger partial charge is 0.469 e. The average molecular weight is 348 g/mol. The van der Waals surface area contributed by atoms with Gasteiger partial charge in [-0.2, -0.15) is 13.2 Å². The van der Waals surface area contributed by atoms with Crippen molar-refractivity contribution in [1.82, 2.24) is 9.88 Å². The second-order valence-electron chi connectivity index (χ2n) is 6.02. The molecule has 0 saturated carbocycles. The second-order valence-corrected chi connectivity index (χ2v) is 6.02. The summed E-state index contributed by atoms with van der Waals surface area (Å²) in [6, 6.07) is 3.27. The van der Waals surface area contributed by atoms with E-state index in [1.807, 2.05) is 0 Å². The normalized spacial score (nSPS) is 31.5. The Morgan fingerprint density at radius 3 is 2.62 bits per heavy atom. The molecule has 0 spiro atoms. The summed E-state index contributed by atoms with van der Waals surface area (Å²) < 4.78 is 48.8. The first-order valence-electron chi connectivity index (χ1n) is 7.75. The first kappa shape index (κ1) is 17.4. The lowest BCUT2D eigenvalue weighted by Crippen LogP contribution is -2.58. The Labute approximate surface area is 136 Å². The maximum Gasteiger partial charge on any atom is 0.433 e. The molecule has 3 rings (SSSR count). The molecule has 1 aromatic rings. The first-order chi connectivity index (χ1) is 11.3.